The van der Waals surface area contributed by atoms with Crippen LogP contribution in [-0.2, 0) is 0 Å². The van der Waals surface area contributed by atoms with Crippen molar-refractivity contribution in [1.29, 1.82) is 0 Å². The van der Waals surface area contributed by atoms with Crippen molar-refractivity contribution in [1.82, 2.24) is 5.43 Å². The van der Waals surface area contributed by atoms with Crippen LogP contribution in [0.4, 0.5) is 0 Å². The Hall–Kier alpha value is -2.86. The summed E-state index contributed by atoms with van der Waals surface area (Å²) in [5.41, 5.74) is 3.90. The van der Waals surface area contributed by atoms with Crippen molar-refractivity contribution in [3.63, 3.8) is 0 Å². The lowest BCUT2D eigenvalue weighted by atomic mass is 10.1. The maximum atomic E-state index is 12.4. The molecule has 0 unspecified atom stereocenters. The molecule has 0 saturated carbocycles. The maximum Gasteiger partial charge on any atom is 0.271 e. The van der Waals surface area contributed by atoms with Crippen LogP contribution in [-0.4, -0.2) is 25.3 Å². The molecule has 0 bridgehead atoms. The van der Waals surface area contributed by atoms with Crippen molar-refractivity contribution in [2.75, 3.05) is 13.2 Å². The first-order valence-corrected chi connectivity index (χ1v) is 9.83. The summed E-state index contributed by atoms with van der Waals surface area (Å²) >= 11 is 3.50. The van der Waals surface area contributed by atoms with Gasteiger partial charge in [0, 0.05) is 5.56 Å². The topological polar surface area (TPSA) is 59.9 Å². The minimum atomic E-state index is -0.267. The fourth-order valence-corrected chi connectivity index (χ4v) is 3.34. The average molecular weight is 441 g/mol. The molecular formula is C22H21BrN2O3. The van der Waals surface area contributed by atoms with E-state index in [4.69, 9.17) is 9.47 Å². The Balaban J connectivity index is 1.74. The van der Waals surface area contributed by atoms with Gasteiger partial charge in [-0.15, -0.1) is 0 Å². The molecule has 0 aliphatic heterocycles. The molecule has 3 aromatic rings. The number of nitrogens with one attached hydrogen (secondary N) is 1. The zero-order chi connectivity index (χ0) is 19.9. The van der Waals surface area contributed by atoms with Crippen LogP contribution in [0.1, 0.15) is 29.8 Å². The van der Waals surface area contributed by atoms with E-state index in [-0.39, 0.29) is 5.91 Å². The van der Waals surface area contributed by atoms with Gasteiger partial charge in [-0.3, -0.25) is 4.79 Å². The van der Waals surface area contributed by atoms with Crippen molar-refractivity contribution in [2.24, 2.45) is 5.10 Å². The van der Waals surface area contributed by atoms with Crippen LogP contribution in [0.2, 0.25) is 0 Å². The van der Waals surface area contributed by atoms with Crippen LogP contribution in [0.3, 0.4) is 0 Å². The SMILES string of the molecule is CCOc1cc(/C=N\NC(=O)c2ccc3ccccc3c2)cc(Br)c1OCC. The van der Waals surface area contributed by atoms with Gasteiger partial charge in [-0.2, -0.15) is 5.10 Å². The van der Waals surface area contributed by atoms with Gasteiger partial charge in [0.05, 0.1) is 23.9 Å². The lowest BCUT2D eigenvalue weighted by molar-refractivity contribution is 0.0955. The number of hydrogen-bond acceptors (Lipinski definition) is 4. The van der Waals surface area contributed by atoms with E-state index in [1.165, 1.54) is 0 Å². The smallest absolute Gasteiger partial charge is 0.271 e. The summed E-state index contributed by atoms with van der Waals surface area (Å²) in [5.74, 6) is 1.01. The van der Waals surface area contributed by atoms with Gasteiger partial charge in [0.2, 0.25) is 0 Å². The number of carbonyl (C=O) groups excluding carboxylic acids is 1. The number of fused-ring (bicyclic) bond motifs is 1. The molecule has 0 atom stereocenters. The zero-order valence-corrected chi connectivity index (χ0v) is 17.3. The van der Waals surface area contributed by atoms with Crippen molar-refractivity contribution < 1.29 is 14.3 Å². The quantitative estimate of drug-likeness (QED) is 0.407. The minimum Gasteiger partial charge on any atom is -0.490 e. The van der Waals surface area contributed by atoms with Gasteiger partial charge in [-0.1, -0.05) is 30.3 Å². The second-order valence-corrected chi connectivity index (χ2v) is 6.81. The Morgan fingerprint density at radius 1 is 1.04 bits per heavy atom. The summed E-state index contributed by atoms with van der Waals surface area (Å²) in [6.45, 7) is 4.88. The van der Waals surface area contributed by atoms with E-state index < -0.39 is 0 Å². The van der Waals surface area contributed by atoms with Gasteiger partial charge in [0.25, 0.3) is 5.91 Å². The van der Waals surface area contributed by atoms with Crippen LogP contribution >= 0.6 is 15.9 Å². The van der Waals surface area contributed by atoms with E-state index >= 15 is 0 Å². The standard InChI is InChI=1S/C22H21BrN2O3/c1-3-27-20-12-15(11-19(23)21(20)28-4-2)14-24-25-22(26)18-10-9-16-7-5-6-8-17(16)13-18/h5-14H,3-4H2,1-2H3,(H,25,26)/b24-14-. The largest absolute Gasteiger partial charge is 0.490 e. The summed E-state index contributed by atoms with van der Waals surface area (Å²) < 4.78 is 12.0. The third kappa shape index (κ3) is 4.70. The maximum absolute atomic E-state index is 12.4. The van der Waals surface area contributed by atoms with E-state index in [0.717, 1.165) is 20.8 Å². The minimum absolute atomic E-state index is 0.267. The van der Waals surface area contributed by atoms with Gasteiger partial charge in [-0.25, -0.2) is 5.43 Å². The number of hydrogen-bond donors (Lipinski definition) is 1. The van der Waals surface area contributed by atoms with Gasteiger partial charge < -0.3 is 9.47 Å². The number of hydrazone groups is 1. The summed E-state index contributed by atoms with van der Waals surface area (Å²) in [4.78, 5) is 12.4. The van der Waals surface area contributed by atoms with E-state index in [0.29, 0.717) is 30.3 Å². The van der Waals surface area contributed by atoms with E-state index in [2.05, 4.69) is 26.5 Å². The highest BCUT2D eigenvalue weighted by Gasteiger charge is 2.11. The van der Waals surface area contributed by atoms with Crippen molar-refractivity contribution >= 4 is 38.8 Å². The van der Waals surface area contributed by atoms with Crippen molar-refractivity contribution in [3.05, 3.63) is 70.2 Å². The highest BCUT2D eigenvalue weighted by molar-refractivity contribution is 9.10. The number of carbonyl (C=O) groups is 1. The van der Waals surface area contributed by atoms with Crippen molar-refractivity contribution in [3.8, 4) is 11.5 Å². The molecule has 3 aromatic carbocycles. The number of benzene rings is 3. The fraction of sp³-hybridized carbons (Fsp3) is 0.182. The lowest BCUT2D eigenvalue weighted by Crippen LogP contribution is -2.17. The monoisotopic (exact) mass is 440 g/mol. The number of rotatable bonds is 7. The predicted octanol–water partition coefficient (Wildman–Crippen LogP) is 5.16. The zero-order valence-electron chi connectivity index (χ0n) is 15.7. The van der Waals surface area contributed by atoms with Crippen molar-refractivity contribution in [2.45, 2.75) is 13.8 Å². The Morgan fingerprint density at radius 2 is 1.79 bits per heavy atom. The molecule has 0 aliphatic rings. The summed E-state index contributed by atoms with van der Waals surface area (Å²) in [6.07, 6.45) is 1.57. The van der Waals surface area contributed by atoms with E-state index in [9.17, 15) is 4.79 Å². The van der Waals surface area contributed by atoms with E-state index in [1.54, 1.807) is 12.3 Å². The molecule has 1 N–H and O–H groups in total. The molecule has 3 rings (SSSR count). The molecule has 28 heavy (non-hydrogen) atoms. The summed E-state index contributed by atoms with van der Waals surface area (Å²) in [5, 5.41) is 6.17. The molecule has 144 valence electrons. The van der Waals surface area contributed by atoms with Crippen LogP contribution in [0, 0.1) is 0 Å². The van der Waals surface area contributed by atoms with Crippen LogP contribution in [0.15, 0.2) is 64.2 Å². The number of nitrogens with zero attached hydrogens (tertiary/aromatic N) is 1. The van der Waals surface area contributed by atoms with Crippen LogP contribution in [0.25, 0.3) is 10.8 Å². The second kappa shape index (κ2) is 9.37. The first-order valence-electron chi connectivity index (χ1n) is 9.03. The third-order valence-electron chi connectivity index (χ3n) is 4.01. The summed E-state index contributed by atoms with van der Waals surface area (Å²) in [7, 11) is 0. The fourth-order valence-electron chi connectivity index (χ4n) is 2.77. The molecule has 0 saturated heterocycles. The van der Waals surface area contributed by atoms with Gasteiger partial charge >= 0.3 is 0 Å². The number of ether oxygens (including phenoxy) is 2. The molecule has 0 fully saturated rings. The summed E-state index contributed by atoms with van der Waals surface area (Å²) in [6, 6.07) is 17.1. The molecule has 0 heterocycles. The molecule has 0 aliphatic carbocycles. The van der Waals surface area contributed by atoms with Crippen LogP contribution in [0.5, 0.6) is 11.5 Å². The Kier molecular flexibility index (Phi) is 6.66. The number of halogens is 1. The molecular weight excluding hydrogens is 420 g/mol. The Labute approximate surface area is 172 Å². The molecule has 0 radical (unpaired) electrons. The van der Waals surface area contributed by atoms with Gasteiger partial charge in [0.1, 0.15) is 0 Å². The lowest BCUT2D eigenvalue weighted by Gasteiger charge is -2.13. The molecule has 1 amide bonds. The molecule has 5 nitrogen and oxygen atoms in total. The predicted molar refractivity (Wildman–Crippen MR) is 115 cm³/mol. The Morgan fingerprint density at radius 3 is 2.54 bits per heavy atom. The molecule has 0 aromatic heterocycles. The van der Waals surface area contributed by atoms with E-state index in [1.807, 2.05) is 62.4 Å². The van der Waals surface area contributed by atoms with Gasteiger partial charge in [0.15, 0.2) is 11.5 Å². The first kappa shape index (κ1) is 19.9. The highest BCUT2D eigenvalue weighted by Crippen LogP contribution is 2.36. The molecule has 0 spiro atoms. The second-order valence-electron chi connectivity index (χ2n) is 5.96. The average Bonchev–Trinajstić information content (AvgIpc) is 2.70. The normalized spacial score (nSPS) is 11.0. The van der Waals surface area contributed by atoms with Gasteiger partial charge in [-0.05, 0) is 70.4 Å². The van der Waals surface area contributed by atoms with Crippen LogP contribution < -0.4 is 14.9 Å². The highest BCUT2D eigenvalue weighted by atomic mass is 79.9. The third-order valence-corrected chi connectivity index (χ3v) is 4.60. The number of amides is 1. The first-order chi connectivity index (χ1) is 13.6. The Bertz CT molecular complexity index is 1020. The molecule has 6 heteroatoms.